The largest absolute Gasteiger partial charge is 0.573 e. The molecule has 0 aromatic heterocycles. The highest BCUT2D eigenvalue weighted by Crippen LogP contribution is 2.37. The van der Waals surface area contributed by atoms with Crippen LogP contribution in [0.15, 0.2) is 18.2 Å². The van der Waals surface area contributed by atoms with Crippen LogP contribution in [0.5, 0.6) is 5.75 Å². The van der Waals surface area contributed by atoms with Gasteiger partial charge in [0.25, 0.3) is 0 Å². The molecule has 1 aromatic carbocycles. The van der Waals surface area contributed by atoms with Crippen molar-refractivity contribution < 1.29 is 17.9 Å². The van der Waals surface area contributed by atoms with Gasteiger partial charge in [-0.15, -0.1) is 25.6 Å². The van der Waals surface area contributed by atoms with Gasteiger partial charge in [-0.2, -0.15) is 0 Å². The SMILES string of the molecule is Cl.N[C@H](c1ccc(OC(F)(F)F)c(Cl)c1)C1CCCC1. The number of ether oxygens (including phenoxy) is 1. The predicted octanol–water partition coefficient (Wildman–Crippen LogP) is 4.85. The van der Waals surface area contributed by atoms with Gasteiger partial charge in [0.1, 0.15) is 5.75 Å². The van der Waals surface area contributed by atoms with Gasteiger partial charge in [-0.1, -0.05) is 30.5 Å². The molecule has 2 nitrogen and oxygen atoms in total. The number of nitrogens with two attached hydrogens (primary N) is 1. The van der Waals surface area contributed by atoms with Gasteiger partial charge in [-0.05, 0) is 36.5 Å². The predicted molar refractivity (Wildman–Crippen MR) is 74.3 cm³/mol. The maximum atomic E-state index is 12.1. The van der Waals surface area contributed by atoms with Gasteiger partial charge in [-0.25, -0.2) is 0 Å². The number of rotatable bonds is 3. The van der Waals surface area contributed by atoms with Crippen molar-refractivity contribution >= 4 is 24.0 Å². The van der Waals surface area contributed by atoms with Crippen LogP contribution in [0.3, 0.4) is 0 Å². The lowest BCUT2D eigenvalue weighted by atomic mass is 9.92. The van der Waals surface area contributed by atoms with E-state index in [0.717, 1.165) is 31.2 Å². The Morgan fingerprint density at radius 2 is 1.85 bits per heavy atom. The maximum absolute atomic E-state index is 12.1. The van der Waals surface area contributed by atoms with E-state index in [1.807, 2.05) is 0 Å². The van der Waals surface area contributed by atoms with Gasteiger partial charge < -0.3 is 10.5 Å². The normalized spacial score (nSPS) is 17.6. The number of benzene rings is 1. The summed E-state index contributed by atoms with van der Waals surface area (Å²) in [4.78, 5) is 0. The summed E-state index contributed by atoms with van der Waals surface area (Å²) in [6.45, 7) is 0. The van der Waals surface area contributed by atoms with Gasteiger partial charge in [0.2, 0.25) is 0 Å². The molecule has 0 bridgehead atoms. The fourth-order valence-corrected chi connectivity index (χ4v) is 2.75. The summed E-state index contributed by atoms with van der Waals surface area (Å²) < 4.78 is 40.2. The molecule has 0 spiro atoms. The van der Waals surface area contributed by atoms with Crippen LogP contribution in [0.25, 0.3) is 0 Å². The van der Waals surface area contributed by atoms with Crippen LogP contribution in [0.4, 0.5) is 13.2 Å². The summed E-state index contributed by atoms with van der Waals surface area (Å²) in [5.74, 6) is -0.0120. The lowest BCUT2D eigenvalue weighted by Gasteiger charge is -2.20. The first-order valence-electron chi connectivity index (χ1n) is 6.17. The van der Waals surface area contributed by atoms with Crippen molar-refractivity contribution in [3.05, 3.63) is 28.8 Å². The highest BCUT2D eigenvalue weighted by atomic mass is 35.5. The van der Waals surface area contributed by atoms with Crippen LogP contribution in [-0.4, -0.2) is 6.36 Å². The average molecular weight is 330 g/mol. The standard InChI is InChI=1S/C13H15ClF3NO.ClH/c14-10-7-9(12(18)8-3-1-2-4-8)5-6-11(10)19-13(15,16)17;/h5-8,12H,1-4,18H2;1H/t12-;/m0./s1. The van der Waals surface area contributed by atoms with Crippen LogP contribution >= 0.6 is 24.0 Å². The molecule has 0 amide bonds. The van der Waals surface area contributed by atoms with Crippen molar-refractivity contribution in [2.75, 3.05) is 0 Å². The van der Waals surface area contributed by atoms with Crippen LogP contribution in [0, 0.1) is 5.92 Å². The van der Waals surface area contributed by atoms with Crippen molar-refractivity contribution in [3.63, 3.8) is 0 Å². The van der Waals surface area contributed by atoms with Crippen molar-refractivity contribution in [1.29, 1.82) is 0 Å². The monoisotopic (exact) mass is 329 g/mol. The third-order valence-corrected chi connectivity index (χ3v) is 3.77. The molecule has 1 saturated carbocycles. The number of hydrogen-bond acceptors (Lipinski definition) is 2. The molecular formula is C13H16Cl2F3NO. The van der Waals surface area contributed by atoms with E-state index in [2.05, 4.69) is 4.74 Å². The summed E-state index contributed by atoms with van der Waals surface area (Å²) in [7, 11) is 0. The van der Waals surface area contributed by atoms with Gasteiger partial charge in [-0.3, -0.25) is 0 Å². The lowest BCUT2D eigenvalue weighted by Crippen LogP contribution is -2.20. The molecule has 7 heteroatoms. The minimum absolute atomic E-state index is 0. The van der Waals surface area contributed by atoms with E-state index >= 15 is 0 Å². The number of halogens is 5. The summed E-state index contributed by atoms with van der Waals surface area (Å²) >= 11 is 5.81. The Hall–Kier alpha value is -0.650. The molecule has 0 unspecified atom stereocenters. The van der Waals surface area contributed by atoms with Crippen molar-refractivity contribution in [2.24, 2.45) is 11.7 Å². The number of alkyl halides is 3. The van der Waals surface area contributed by atoms with Crippen LogP contribution in [0.2, 0.25) is 5.02 Å². The van der Waals surface area contributed by atoms with E-state index in [9.17, 15) is 13.2 Å². The van der Waals surface area contributed by atoms with E-state index in [4.69, 9.17) is 17.3 Å². The smallest absolute Gasteiger partial charge is 0.404 e. The molecule has 1 aliphatic carbocycles. The fraction of sp³-hybridized carbons (Fsp3) is 0.538. The van der Waals surface area contributed by atoms with E-state index in [0.29, 0.717) is 5.92 Å². The summed E-state index contributed by atoms with van der Waals surface area (Å²) in [6.07, 6.45) is -0.319. The topological polar surface area (TPSA) is 35.2 Å². The molecule has 0 heterocycles. The highest BCUT2D eigenvalue weighted by Gasteiger charge is 2.32. The second kappa shape index (κ2) is 6.87. The van der Waals surface area contributed by atoms with Gasteiger partial charge in [0.15, 0.2) is 0 Å². The Bertz CT molecular complexity index is 448. The van der Waals surface area contributed by atoms with Crippen molar-refractivity contribution in [1.82, 2.24) is 0 Å². The first kappa shape index (κ1) is 17.4. The quantitative estimate of drug-likeness (QED) is 0.860. The Labute approximate surface area is 126 Å². The minimum atomic E-state index is -4.74. The highest BCUT2D eigenvalue weighted by molar-refractivity contribution is 6.32. The van der Waals surface area contributed by atoms with E-state index < -0.39 is 12.1 Å². The molecule has 1 atom stereocenters. The Balaban J connectivity index is 0.00000200. The molecule has 20 heavy (non-hydrogen) atoms. The second-order valence-electron chi connectivity index (χ2n) is 4.81. The van der Waals surface area contributed by atoms with Crippen LogP contribution < -0.4 is 10.5 Å². The van der Waals surface area contributed by atoms with E-state index in [1.54, 1.807) is 6.07 Å². The Morgan fingerprint density at radius 3 is 2.35 bits per heavy atom. The number of hydrogen-bond donors (Lipinski definition) is 1. The first-order chi connectivity index (χ1) is 8.87. The zero-order valence-electron chi connectivity index (χ0n) is 10.6. The molecule has 2 N–H and O–H groups in total. The molecule has 1 aliphatic rings. The molecule has 1 aromatic rings. The molecular weight excluding hydrogens is 314 g/mol. The van der Waals surface area contributed by atoms with Gasteiger partial charge in [0, 0.05) is 6.04 Å². The van der Waals surface area contributed by atoms with E-state index in [-0.39, 0.29) is 23.5 Å². The second-order valence-corrected chi connectivity index (χ2v) is 5.22. The van der Waals surface area contributed by atoms with Gasteiger partial charge in [0.05, 0.1) is 5.02 Å². The third kappa shape index (κ3) is 4.43. The molecule has 1 fully saturated rings. The summed E-state index contributed by atoms with van der Waals surface area (Å²) in [5.41, 5.74) is 6.88. The van der Waals surface area contributed by atoms with Gasteiger partial charge >= 0.3 is 6.36 Å². The molecule has 0 aliphatic heterocycles. The third-order valence-electron chi connectivity index (χ3n) is 3.47. The fourth-order valence-electron chi connectivity index (χ4n) is 2.52. The molecule has 2 rings (SSSR count). The molecule has 0 saturated heterocycles. The van der Waals surface area contributed by atoms with E-state index in [1.165, 1.54) is 12.1 Å². The van der Waals surface area contributed by atoms with Crippen LogP contribution in [-0.2, 0) is 0 Å². The zero-order chi connectivity index (χ0) is 14.0. The summed E-state index contributed by atoms with van der Waals surface area (Å²) in [5, 5.41) is -0.0664. The Morgan fingerprint density at radius 1 is 1.25 bits per heavy atom. The molecule has 114 valence electrons. The first-order valence-corrected chi connectivity index (χ1v) is 6.55. The lowest BCUT2D eigenvalue weighted by molar-refractivity contribution is -0.274. The summed E-state index contributed by atoms with van der Waals surface area (Å²) in [6, 6.07) is 4.06. The van der Waals surface area contributed by atoms with Crippen molar-refractivity contribution in [2.45, 2.75) is 38.1 Å². The maximum Gasteiger partial charge on any atom is 0.573 e. The molecule has 0 radical (unpaired) electrons. The minimum Gasteiger partial charge on any atom is -0.404 e. The van der Waals surface area contributed by atoms with Crippen LogP contribution in [0.1, 0.15) is 37.3 Å². The Kier molecular flexibility index (Phi) is 5.98. The average Bonchev–Trinajstić information content (AvgIpc) is 2.82. The van der Waals surface area contributed by atoms with Crippen molar-refractivity contribution in [3.8, 4) is 5.75 Å². The zero-order valence-corrected chi connectivity index (χ0v) is 12.2.